The molecule has 0 aliphatic rings. The van der Waals surface area contributed by atoms with Crippen molar-refractivity contribution in [3.63, 3.8) is 0 Å². The third-order valence-corrected chi connectivity index (χ3v) is 3.94. The first-order valence-electron chi connectivity index (χ1n) is 7.61. The topological polar surface area (TPSA) is 79.1 Å². The van der Waals surface area contributed by atoms with Gasteiger partial charge in [0.2, 0.25) is 0 Å². The molecule has 6 heteroatoms. The quantitative estimate of drug-likeness (QED) is 0.330. The lowest BCUT2D eigenvalue weighted by Crippen LogP contribution is -2.22. The number of rotatable bonds is 3. The lowest BCUT2D eigenvalue weighted by molar-refractivity contribution is 0.954. The molecule has 0 amide bonds. The van der Waals surface area contributed by atoms with Gasteiger partial charge in [-0.25, -0.2) is 9.98 Å². The van der Waals surface area contributed by atoms with Crippen LogP contribution in [-0.4, -0.2) is 15.9 Å². The van der Waals surface area contributed by atoms with Gasteiger partial charge in [0.15, 0.2) is 5.96 Å². The van der Waals surface area contributed by atoms with E-state index >= 15 is 0 Å². The maximum Gasteiger partial charge on any atom is 0.193 e. The number of anilines is 1. The Balaban J connectivity index is 0.00000208. The van der Waals surface area contributed by atoms with Gasteiger partial charge in [-0.2, -0.15) is 0 Å². The molecule has 3 aromatic rings. The predicted molar refractivity (Wildman–Crippen MR) is 111 cm³/mol. The minimum absolute atomic E-state index is 0. The van der Waals surface area contributed by atoms with Crippen molar-refractivity contribution in [1.29, 1.82) is 0 Å². The molecule has 24 heavy (non-hydrogen) atoms. The molecule has 126 valence electrons. The summed E-state index contributed by atoms with van der Waals surface area (Å²) in [6, 6.07) is 12.2. The fourth-order valence-corrected chi connectivity index (χ4v) is 2.47. The first-order chi connectivity index (χ1) is 11.0. The molecule has 0 saturated heterocycles. The molecule has 0 aliphatic heterocycles. The summed E-state index contributed by atoms with van der Waals surface area (Å²) in [5, 5.41) is 3.11. The molecule has 0 aliphatic carbocycles. The lowest BCUT2D eigenvalue weighted by Gasteiger charge is -2.07. The van der Waals surface area contributed by atoms with Gasteiger partial charge in [0.1, 0.15) is 12.4 Å². The average molecular weight is 435 g/mol. The van der Waals surface area contributed by atoms with E-state index in [2.05, 4.69) is 46.3 Å². The Hall–Kier alpha value is -2.09. The van der Waals surface area contributed by atoms with Crippen LogP contribution in [0.2, 0.25) is 0 Å². The van der Waals surface area contributed by atoms with Crippen LogP contribution in [0.4, 0.5) is 5.69 Å². The maximum atomic E-state index is 5.96. The number of hydrogen-bond acceptors (Lipinski definition) is 2. The Morgan fingerprint density at radius 2 is 1.92 bits per heavy atom. The zero-order valence-electron chi connectivity index (χ0n) is 14.1. The molecule has 4 N–H and O–H groups in total. The van der Waals surface area contributed by atoms with Crippen LogP contribution in [0.1, 0.15) is 22.5 Å². The number of aryl methyl sites for hydroxylation is 3. The number of nitrogens with one attached hydrogen (secondary N) is 2. The summed E-state index contributed by atoms with van der Waals surface area (Å²) in [6.07, 6.45) is 0. The largest absolute Gasteiger partial charge is 0.370 e. The van der Waals surface area contributed by atoms with Crippen LogP contribution in [-0.2, 0) is 6.54 Å². The Bertz CT molecular complexity index is 882. The number of nitrogens with zero attached hydrogens (tertiary/aromatic N) is 2. The van der Waals surface area contributed by atoms with Gasteiger partial charge in [-0.3, -0.25) is 0 Å². The molecule has 0 atom stereocenters. The van der Waals surface area contributed by atoms with E-state index in [4.69, 9.17) is 5.73 Å². The Morgan fingerprint density at radius 1 is 1.12 bits per heavy atom. The monoisotopic (exact) mass is 435 g/mol. The lowest BCUT2D eigenvalue weighted by atomic mass is 10.1. The van der Waals surface area contributed by atoms with Crippen molar-refractivity contribution in [2.45, 2.75) is 27.3 Å². The molecular weight excluding hydrogens is 413 g/mol. The summed E-state index contributed by atoms with van der Waals surface area (Å²) in [6.45, 7) is 6.62. The second-order valence-corrected chi connectivity index (χ2v) is 5.78. The number of para-hydroxylation sites is 1. The summed E-state index contributed by atoms with van der Waals surface area (Å²) in [7, 11) is 0. The Kier molecular flexibility index (Phi) is 5.82. The molecule has 0 bridgehead atoms. The first kappa shape index (κ1) is 18.3. The summed E-state index contributed by atoms with van der Waals surface area (Å²) in [5.41, 5.74) is 12.5. The zero-order chi connectivity index (χ0) is 16.4. The number of nitrogens with two attached hydrogens (primary N) is 1. The molecule has 2 aromatic carbocycles. The average Bonchev–Trinajstić information content (AvgIpc) is 2.94. The van der Waals surface area contributed by atoms with Crippen LogP contribution in [0.5, 0.6) is 0 Å². The number of aromatic amines is 1. The number of fused-ring (bicyclic) bond motifs is 1. The van der Waals surface area contributed by atoms with Crippen molar-refractivity contribution in [3.8, 4) is 0 Å². The van der Waals surface area contributed by atoms with Gasteiger partial charge >= 0.3 is 0 Å². The highest BCUT2D eigenvalue weighted by Crippen LogP contribution is 2.16. The zero-order valence-corrected chi connectivity index (χ0v) is 16.4. The minimum atomic E-state index is 0. The molecule has 0 unspecified atom stereocenters. The van der Waals surface area contributed by atoms with Crippen LogP contribution in [0.15, 0.2) is 41.4 Å². The first-order valence-corrected chi connectivity index (χ1v) is 7.61. The van der Waals surface area contributed by atoms with Gasteiger partial charge in [-0.05, 0) is 55.7 Å². The van der Waals surface area contributed by atoms with Crippen LogP contribution in [0.25, 0.3) is 11.0 Å². The van der Waals surface area contributed by atoms with Crippen molar-refractivity contribution in [2.75, 3.05) is 5.32 Å². The van der Waals surface area contributed by atoms with E-state index in [9.17, 15) is 0 Å². The summed E-state index contributed by atoms with van der Waals surface area (Å²) < 4.78 is 0. The van der Waals surface area contributed by atoms with Gasteiger partial charge in [0.05, 0.1) is 11.0 Å². The Morgan fingerprint density at radius 3 is 2.62 bits per heavy atom. The number of aliphatic imine (C=N–C) groups is 1. The van der Waals surface area contributed by atoms with Crippen LogP contribution in [0, 0.1) is 20.8 Å². The van der Waals surface area contributed by atoms with Crippen LogP contribution < -0.4 is 11.1 Å². The van der Waals surface area contributed by atoms with Gasteiger partial charge in [0.25, 0.3) is 0 Å². The van der Waals surface area contributed by atoms with E-state index in [0.717, 1.165) is 28.1 Å². The number of imidazole rings is 1. The molecular formula is C18H22IN5. The van der Waals surface area contributed by atoms with Gasteiger partial charge in [0, 0.05) is 5.69 Å². The smallest absolute Gasteiger partial charge is 0.193 e. The van der Waals surface area contributed by atoms with E-state index in [1.165, 1.54) is 11.1 Å². The molecule has 3 rings (SSSR count). The standard InChI is InChI=1S/C18H21N5.HI/c1-11-7-8-14(9-13(11)3)21-18(19)20-10-16-22-15-6-4-5-12(2)17(15)23-16;/h4-9H,10H2,1-3H3,(H,22,23)(H3,19,20,21);1H. The second kappa shape index (κ2) is 7.65. The van der Waals surface area contributed by atoms with Crippen LogP contribution in [0.3, 0.4) is 0 Å². The number of H-pyrrole nitrogens is 1. The third kappa shape index (κ3) is 4.05. The van der Waals surface area contributed by atoms with E-state index in [-0.39, 0.29) is 24.0 Å². The van der Waals surface area contributed by atoms with Crippen molar-refractivity contribution >= 4 is 46.7 Å². The predicted octanol–water partition coefficient (Wildman–Crippen LogP) is 4.03. The van der Waals surface area contributed by atoms with Crippen molar-refractivity contribution < 1.29 is 0 Å². The normalized spacial score (nSPS) is 11.4. The molecule has 0 spiro atoms. The van der Waals surface area contributed by atoms with Crippen molar-refractivity contribution in [1.82, 2.24) is 9.97 Å². The molecule has 1 heterocycles. The van der Waals surface area contributed by atoms with Crippen molar-refractivity contribution in [2.24, 2.45) is 10.7 Å². The van der Waals surface area contributed by atoms with Crippen molar-refractivity contribution in [3.05, 3.63) is 58.9 Å². The minimum Gasteiger partial charge on any atom is -0.370 e. The molecule has 0 fully saturated rings. The van der Waals surface area contributed by atoms with Gasteiger partial charge in [-0.1, -0.05) is 18.2 Å². The fraction of sp³-hybridized carbons (Fsp3) is 0.222. The number of guanidine groups is 1. The van der Waals surface area contributed by atoms with E-state index in [1.807, 2.05) is 31.2 Å². The molecule has 1 aromatic heterocycles. The summed E-state index contributed by atoms with van der Waals surface area (Å²) in [4.78, 5) is 12.2. The Labute approximate surface area is 158 Å². The highest BCUT2D eigenvalue weighted by atomic mass is 127. The maximum absolute atomic E-state index is 5.96. The summed E-state index contributed by atoms with van der Waals surface area (Å²) in [5.74, 6) is 1.18. The van der Waals surface area contributed by atoms with Gasteiger partial charge < -0.3 is 16.0 Å². The molecule has 0 radical (unpaired) electrons. The number of benzene rings is 2. The van der Waals surface area contributed by atoms with E-state index in [0.29, 0.717) is 12.5 Å². The number of halogens is 1. The highest BCUT2D eigenvalue weighted by Gasteiger charge is 2.04. The highest BCUT2D eigenvalue weighted by molar-refractivity contribution is 14.0. The summed E-state index contributed by atoms with van der Waals surface area (Å²) >= 11 is 0. The van der Waals surface area contributed by atoms with Gasteiger partial charge in [-0.15, -0.1) is 24.0 Å². The molecule has 5 nitrogen and oxygen atoms in total. The van der Waals surface area contributed by atoms with E-state index in [1.54, 1.807) is 0 Å². The van der Waals surface area contributed by atoms with E-state index < -0.39 is 0 Å². The fourth-order valence-electron chi connectivity index (χ4n) is 2.47. The number of aromatic nitrogens is 2. The second-order valence-electron chi connectivity index (χ2n) is 5.78. The number of hydrogen-bond donors (Lipinski definition) is 3. The van der Waals surface area contributed by atoms with Crippen LogP contribution >= 0.6 is 24.0 Å². The molecule has 0 saturated carbocycles. The SMILES string of the molecule is Cc1ccc(NC(N)=NCc2nc3c(C)cccc3[nH]2)cc1C.I. The third-order valence-electron chi connectivity index (χ3n) is 3.94.